The molecular weight excluding hydrogens is 206 g/mol. The van der Waals surface area contributed by atoms with Crippen LogP contribution in [-0.2, 0) is 4.79 Å². The Bertz CT molecular complexity index is 491. The van der Waals surface area contributed by atoms with Crippen molar-refractivity contribution in [2.75, 3.05) is 0 Å². The molecule has 5 nitrogen and oxygen atoms in total. The molecule has 0 atom stereocenters. The third kappa shape index (κ3) is 1.76. The van der Waals surface area contributed by atoms with Gasteiger partial charge in [-0.2, -0.15) is 0 Å². The lowest BCUT2D eigenvalue weighted by atomic mass is 10.2. The summed E-state index contributed by atoms with van der Waals surface area (Å²) >= 11 is 0. The van der Waals surface area contributed by atoms with Crippen LogP contribution in [0.4, 0.5) is 0 Å². The fourth-order valence-corrected chi connectivity index (χ4v) is 1.41. The topological polar surface area (TPSA) is 75.8 Å². The molecule has 1 aliphatic rings. The molecule has 0 unspecified atom stereocenters. The summed E-state index contributed by atoms with van der Waals surface area (Å²) in [6.07, 6.45) is 3.07. The minimum atomic E-state index is -0.586. The largest absolute Gasteiger partial charge is 0.294 e. The monoisotopic (exact) mass is 215 g/mol. The first kappa shape index (κ1) is 10.3. The van der Waals surface area contributed by atoms with Gasteiger partial charge in [0.25, 0.3) is 5.91 Å². The molecule has 1 aliphatic heterocycles. The maximum absolute atomic E-state index is 11.3. The summed E-state index contributed by atoms with van der Waals surface area (Å²) in [4.78, 5) is 21.6. The third-order valence-electron chi connectivity index (χ3n) is 2.21. The molecule has 16 heavy (non-hydrogen) atoms. The summed E-state index contributed by atoms with van der Waals surface area (Å²) in [5.74, 6) is 4.91. The highest BCUT2D eigenvalue weighted by Gasteiger charge is 2.26. The van der Waals surface area contributed by atoms with Gasteiger partial charge < -0.3 is 0 Å². The lowest BCUT2D eigenvalue weighted by Gasteiger charge is -2.09. The summed E-state index contributed by atoms with van der Waals surface area (Å²) in [5.41, 5.74) is 1.17. The van der Waals surface area contributed by atoms with Gasteiger partial charge in [0.1, 0.15) is 0 Å². The van der Waals surface area contributed by atoms with E-state index < -0.39 is 5.91 Å². The van der Waals surface area contributed by atoms with E-state index in [4.69, 9.17) is 5.84 Å². The first-order chi connectivity index (χ1) is 7.72. The second-order valence-corrected chi connectivity index (χ2v) is 3.28. The Hall–Kier alpha value is -2.27. The van der Waals surface area contributed by atoms with E-state index in [1.807, 2.05) is 30.3 Å². The van der Waals surface area contributed by atoms with Crippen molar-refractivity contribution in [3.8, 4) is 0 Å². The number of hydrogen-bond donors (Lipinski definition) is 1. The molecule has 0 radical (unpaired) electrons. The van der Waals surface area contributed by atoms with Gasteiger partial charge in [-0.1, -0.05) is 30.3 Å². The predicted octanol–water partition coefficient (Wildman–Crippen LogP) is 1.39. The zero-order chi connectivity index (χ0) is 11.5. The maximum atomic E-state index is 11.3. The average molecular weight is 215 g/mol. The van der Waals surface area contributed by atoms with Crippen molar-refractivity contribution >= 4 is 12.0 Å². The smallest absolute Gasteiger partial charge is 0.265 e. The van der Waals surface area contributed by atoms with Crippen LogP contribution in [-0.4, -0.2) is 10.9 Å². The van der Waals surface area contributed by atoms with Crippen LogP contribution in [0.25, 0.3) is 6.08 Å². The summed E-state index contributed by atoms with van der Waals surface area (Å²) in [7, 11) is 0. The number of nitroso groups, excluding NO2 is 1. The second kappa shape index (κ2) is 4.08. The van der Waals surface area contributed by atoms with Crippen molar-refractivity contribution in [3.63, 3.8) is 0 Å². The van der Waals surface area contributed by atoms with Gasteiger partial charge in [0.05, 0.1) is 5.70 Å². The summed E-state index contributed by atoms with van der Waals surface area (Å²) in [6.45, 7) is 0. The number of nitrogens with zero attached hydrogens (tertiary/aromatic N) is 2. The average Bonchev–Trinajstić information content (AvgIpc) is 2.58. The fourth-order valence-electron chi connectivity index (χ4n) is 1.41. The van der Waals surface area contributed by atoms with Crippen LogP contribution in [0.3, 0.4) is 0 Å². The number of hydrazine groups is 1. The molecular formula is C11H9N3O2. The van der Waals surface area contributed by atoms with Gasteiger partial charge in [-0.25, -0.2) is 10.9 Å². The molecule has 0 aliphatic carbocycles. The first-order valence-corrected chi connectivity index (χ1v) is 4.63. The standard InChI is InChI=1S/C11H9N3O2/c12-14-9(7-10(13-16)11(14)15)6-8-4-2-1-3-5-8/h1-7H,12H2. The zero-order valence-electron chi connectivity index (χ0n) is 8.33. The van der Waals surface area contributed by atoms with Gasteiger partial charge in [-0.05, 0) is 22.9 Å². The Kier molecular flexibility index (Phi) is 2.61. The highest BCUT2D eigenvalue weighted by Crippen LogP contribution is 2.20. The van der Waals surface area contributed by atoms with Gasteiger partial charge in [-0.15, -0.1) is 4.91 Å². The van der Waals surface area contributed by atoms with Crippen LogP contribution in [0.5, 0.6) is 0 Å². The number of allylic oxidation sites excluding steroid dienone is 1. The SMILES string of the molecule is NN1C(=O)C(N=O)=CC1=Cc1ccccc1. The van der Waals surface area contributed by atoms with Crippen LogP contribution in [0.15, 0.2) is 53.0 Å². The molecule has 1 aromatic rings. The Morgan fingerprint density at radius 2 is 1.94 bits per heavy atom. The van der Waals surface area contributed by atoms with Gasteiger partial charge in [0.15, 0.2) is 5.70 Å². The molecule has 80 valence electrons. The quantitative estimate of drug-likeness (QED) is 0.460. The zero-order valence-corrected chi connectivity index (χ0v) is 8.33. The van der Waals surface area contributed by atoms with Gasteiger partial charge in [0.2, 0.25) is 0 Å². The van der Waals surface area contributed by atoms with Gasteiger partial charge in [-0.3, -0.25) is 4.79 Å². The van der Waals surface area contributed by atoms with Crippen LogP contribution in [0.1, 0.15) is 5.56 Å². The number of amides is 1. The molecule has 0 saturated heterocycles. The van der Waals surface area contributed by atoms with E-state index in [1.54, 1.807) is 6.08 Å². The predicted molar refractivity (Wildman–Crippen MR) is 59.3 cm³/mol. The van der Waals surface area contributed by atoms with Crippen LogP contribution < -0.4 is 5.84 Å². The molecule has 0 spiro atoms. The number of hydrogen-bond acceptors (Lipinski definition) is 4. The van der Waals surface area contributed by atoms with E-state index in [2.05, 4.69) is 5.18 Å². The minimum absolute atomic E-state index is 0.176. The Labute approximate surface area is 91.8 Å². The highest BCUT2D eigenvalue weighted by molar-refractivity contribution is 5.98. The number of benzene rings is 1. The Balaban J connectivity index is 2.36. The van der Waals surface area contributed by atoms with Crippen LogP contribution in [0, 0.1) is 4.91 Å². The highest BCUT2D eigenvalue weighted by atomic mass is 16.3. The van der Waals surface area contributed by atoms with Crippen molar-refractivity contribution in [2.24, 2.45) is 11.0 Å². The molecule has 2 N–H and O–H groups in total. The number of rotatable bonds is 2. The number of carbonyl (C=O) groups excluding carboxylic acids is 1. The van der Waals surface area contributed by atoms with Crippen molar-refractivity contribution < 1.29 is 4.79 Å². The molecule has 0 aromatic heterocycles. The molecule has 1 heterocycles. The summed E-state index contributed by atoms with van der Waals surface area (Å²) < 4.78 is 0. The van der Waals surface area contributed by atoms with Gasteiger partial charge >= 0.3 is 0 Å². The molecule has 5 heteroatoms. The van der Waals surface area contributed by atoms with Crippen molar-refractivity contribution in [1.82, 2.24) is 5.01 Å². The lowest BCUT2D eigenvalue weighted by molar-refractivity contribution is -0.124. The molecule has 2 rings (SSSR count). The van der Waals surface area contributed by atoms with E-state index in [0.717, 1.165) is 10.6 Å². The Morgan fingerprint density at radius 1 is 1.25 bits per heavy atom. The molecule has 0 fully saturated rings. The van der Waals surface area contributed by atoms with Crippen molar-refractivity contribution in [1.29, 1.82) is 0 Å². The van der Waals surface area contributed by atoms with Crippen molar-refractivity contribution in [2.45, 2.75) is 0 Å². The van der Waals surface area contributed by atoms with Crippen LogP contribution >= 0.6 is 0 Å². The van der Waals surface area contributed by atoms with Crippen molar-refractivity contribution in [3.05, 3.63) is 58.3 Å². The van der Waals surface area contributed by atoms with Crippen LogP contribution in [0.2, 0.25) is 0 Å². The lowest BCUT2D eigenvalue weighted by Crippen LogP contribution is -2.32. The Morgan fingerprint density at radius 3 is 2.50 bits per heavy atom. The third-order valence-corrected chi connectivity index (χ3v) is 2.21. The fraction of sp³-hybridized carbons (Fsp3) is 0. The summed E-state index contributed by atoms with van der Waals surface area (Å²) in [5, 5.41) is 3.52. The maximum Gasteiger partial charge on any atom is 0.294 e. The van der Waals surface area contributed by atoms with Gasteiger partial charge in [0, 0.05) is 0 Å². The van der Waals surface area contributed by atoms with E-state index in [1.165, 1.54) is 6.08 Å². The van der Waals surface area contributed by atoms with E-state index in [9.17, 15) is 9.70 Å². The molecule has 1 amide bonds. The molecule has 0 saturated carbocycles. The molecule has 0 bridgehead atoms. The normalized spacial score (nSPS) is 17.8. The summed E-state index contributed by atoms with van der Waals surface area (Å²) in [6, 6.07) is 9.35. The number of nitrogens with two attached hydrogens (primary N) is 1. The molecule has 1 aromatic carbocycles. The van der Waals surface area contributed by atoms with E-state index in [0.29, 0.717) is 5.70 Å². The minimum Gasteiger partial charge on any atom is -0.265 e. The second-order valence-electron chi connectivity index (χ2n) is 3.28. The van der Waals surface area contributed by atoms with E-state index >= 15 is 0 Å². The first-order valence-electron chi connectivity index (χ1n) is 4.63. The van der Waals surface area contributed by atoms with E-state index in [-0.39, 0.29) is 5.70 Å². The number of carbonyl (C=O) groups is 1.